The van der Waals surface area contributed by atoms with Gasteiger partial charge in [-0.3, -0.25) is 4.40 Å². The predicted octanol–water partition coefficient (Wildman–Crippen LogP) is 3.87. The fourth-order valence-corrected chi connectivity index (χ4v) is 3.92. The number of hydrogen-bond donors (Lipinski definition) is 1. The first-order valence-corrected chi connectivity index (χ1v) is 10.0. The van der Waals surface area contributed by atoms with Gasteiger partial charge in [-0.25, -0.2) is 9.97 Å². The number of fused-ring (bicyclic) bond motifs is 1. The lowest BCUT2D eigenvalue weighted by molar-refractivity contribution is 0.0699. The molecule has 3 aromatic rings. The molecule has 1 N–H and O–H groups in total. The smallest absolute Gasteiger partial charge is 0.180 e. The average Bonchev–Trinajstić information content (AvgIpc) is 3.07. The quantitative estimate of drug-likeness (QED) is 0.682. The molecule has 7 nitrogen and oxygen atoms in total. The number of nitrogens with one attached hydrogen (secondary N) is 1. The number of nitrogens with zero attached hydrogens (tertiary/aromatic N) is 3. The molecule has 0 spiro atoms. The number of aromatic nitrogens is 3. The van der Waals surface area contributed by atoms with E-state index in [0.29, 0.717) is 17.4 Å². The van der Waals surface area contributed by atoms with Gasteiger partial charge in [0.1, 0.15) is 0 Å². The molecule has 0 amide bonds. The van der Waals surface area contributed by atoms with Crippen LogP contribution in [0.1, 0.15) is 24.2 Å². The second-order valence-corrected chi connectivity index (χ2v) is 7.48. The third-order valence-corrected chi connectivity index (χ3v) is 5.46. The van der Waals surface area contributed by atoms with Gasteiger partial charge in [0.15, 0.2) is 23.0 Å². The number of methoxy groups -OCH3 is 2. The predicted molar refractivity (Wildman–Crippen MR) is 113 cm³/mol. The number of ether oxygens (including phenoxy) is 3. The largest absolute Gasteiger partial charge is 0.493 e. The minimum absolute atomic E-state index is 0.604. The molecular weight excluding hydrogens is 368 g/mol. The van der Waals surface area contributed by atoms with Crippen LogP contribution in [-0.2, 0) is 4.74 Å². The molecule has 0 bridgehead atoms. The Kier molecular flexibility index (Phi) is 5.58. The van der Waals surface area contributed by atoms with Gasteiger partial charge >= 0.3 is 0 Å². The van der Waals surface area contributed by atoms with E-state index in [1.54, 1.807) is 14.2 Å². The van der Waals surface area contributed by atoms with Crippen molar-refractivity contribution in [3.63, 3.8) is 0 Å². The van der Waals surface area contributed by atoms with E-state index in [9.17, 15) is 0 Å². The van der Waals surface area contributed by atoms with Crippen molar-refractivity contribution in [3.05, 3.63) is 35.8 Å². The van der Waals surface area contributed by atoms with Gasteiger partial charge < -0.3 is 19.5 Å². The first-order valence-electron chi connectivity index (χ1n) is 10.0. The highest BCUT2D eigenvalue weighted by Crippen LogP contribution is 2.34. The van der Waals surface area contributed by atoms with Crippen LogP contribution in [0.4, 0.5) is 5.82 Å². The molecular formula is C22H28N4O3. The minimum Gasteiger partial charge on any atom is -0.493 e. The van der Waals surface area contributed by atoms with Crippen LogP contribution in [0.25, 0.3) is 16.9 Å². The van der Waals surface area contributed by atoms with Crippen LogP contribution in [0.3, 0.4) is 0 Å². The summed E-state index contributed by atoms with van der Waals surface area (Å²) in [5.41, 5.74) is 4.77. The third-order valence-electron chi connectivity index (χ3n) is 5.46. The second-order valence-electron chi connectivity index (χ2n) is 7.48. The highest BCUT2D eigenvalue weighted by Gasteiger charge is 2.19. The van der Waals surface area contributed by atoms with Crippen molar-refractivity contribution in [3.8, 4) is 22.8 Å². The number of hydrogen-bond acceptors (Lipinski definition) is 6. The monoisotopic (exact) mass is 396 g/mol. The van der Waals surface area contributed by atoms with Crippen molar-refractivity contribution in [2.45, 2.75) is 26.7 Å². The standard InChI is InChI=1S/C22H28N4O3/c1-14-13-26-20(17-5-6-18(27-3)19(11-17)28-4)15(2)25-22(26)21(24-14)23-12-16-7-9-29-10-8-16/h5-6,11,13,16H,7-10,12H2,1-4H3,(H,23,24). The summed E-state index contributed by atoms with van der Waals surface area (Å²) < 4.78 is 18.5. The molecule has 3 heterocycles. The molecule has 0 aliphatic carbocycles. The van der Waals surface area contributed by atoms with Gasteiger partial charge in [0.05, 0.1) is 31.3 Å². The zero-order valence-corrected chi connectivity index (χ0v) is 17.5. The van der Waals surface area contributed by atoms with Gasteiger partial charge in [-0.2, -0.15) is 0 Å². The number of rotatable bonds is 6. The van der Waals surface area contributed by atoms with Gasteiger partial charge in [0.2, 0.25) is 0 Å². The van der Waals surface area contributed by atoms with Crippen molar-refractivity contribution in [1.29, 1.82) is 0 Å². The van der Waals surface area contributed by atoms with Crippen LogP contribution in [-0.4, -0.2) is 48.3 Å². The number of benzene rings is 1. The van der Waals surface area contributed by atoms with Crippen molar-refractivity contribution >= 4 is 11.5 Å². The molecule has 4 rings (SSSR count). The fraction of sp³-hybridized carbons (Fsp3) is 0.455. The summed E-state index contributed by atoms with van der Waals surface area (Å²) in [5, 5.41) is 3.54. The third kappa shape index (κ3) is 3.87. The summed E-state index contributed by atoms with van der Waals surface area (Å²) in [5.74, 6) is 2.83. The molecule has 0 unspecified atom stereocenters. The Morgan fingerprint density at radius 1 is 1.10 bits per heavy atom. The number of aryl methyl sites for hydroxylation is 2. The van der Waals surface area contributed by atoms with E-state index in [0.717, 1.165) is 66.7 Å². The molecule has 0 saturated carbocycles. The zero-order chi connectivity index (χ0) is 20.4. The first-order chi connectivity index (χ1) is 14.1. The summed E-state index contributed by atoms with van der Waals surface area (Å²) in [4.78, 5) is 9.56. The fourth-order valence-electron chi connectivity index (χ4n) is 3.92. The summed E-state index contributed by atoms with van der Waals surface area (Å²) >= 11 is 0. The zero-order valence-electron chi connectivity index (χ0n) is 17.5. The summed E-state index contributed by atoms with van der Waals surface area (Å²) in [6.45, 7) is 6.60. The Hall–Kier alpha value is -2.80. The van der Waals surface area contributed by atoms with Crippen LogP contribution in [0.2, 0.25) is 0 Å². The lowest BCUT2D eigenvalue weighted by Gasteiger charge is -2.22. The van der Waals surface area contributed by atoms with Crippen LogP contribution in [0.15, 0.2) is 24.4 Å². The summed E-state index contributed by atoms with van der Waals surface area (Å²) in [7, 11) is 3.29. The van der Waals surface area contributed by atoms with Gasteiger partial charge in [0.25, 0.3) is 0 Å². The highest BCUT2D eigenvalue weighted by atomic mass is 16.5. The molecule has 7 heteroatoms. The molecule has 1 aliphatic heterocycles. The van der Waals surface area contributed by atoms with E-state index >= 15 is 0 Å². The normalized spacial score (nSPS) is 14.9. The minimum atomic E-state index is 0.604. The Morgan fingerprint density at radius 2 is 1.86 bits per heavy atom. The Morgan fingerprint density at radius 3 is 2.59 bits per heavy atom. The average molecular weight is 396 g/mol. The first kappa shape index (κ1) is 19.5. The molecule has 0 radical (unpaired) electrons. The van der Waals surface area contributed by atoms with E-state index in [2.05, 4.69) is 9.72 Å². The molecule has 29 heavy (non-hydrogen) atoms. The molecule has 1 aromatic carbocycles. The van der Waals surface area contributed by atoms with Crippen LogP contribution >= 0.6 is 0 Å². The van der Waals surface area contributed by atoms with E-state index in [-0.39, 0.29) is 0 Å². The maximum atomic E-state index is 5.49. The van der Waals surface area contributed by atoms with Crippen LogP contribution < -0.4 is 14.8 Å². The Balaban J connectivity index is 1.72. The van der Waals surface area contributed by atoms with Gasteiger partial charge in [-0.05, 0) is 50.8 Å². The number of anilines is 1. The van der Waals surface area contributed by atoms with Crippen molar-refractivity contribution in [2.24, 2.45) is 5.92 Å². The highest BCUT2D eigenvalue weighted by molar-refractivity contribution is 5.74. The second kappa shape index (κ2) is 8.29. The molecule has 154 valence electrons. The molecule has 2 aromatic heterocycles. The van der Waals surface area contributed by atoms with Gasteiger partial charge in [-0.1, -0.05) is 0 Å². The SMILES string of the molecule is COc1ccc(-c2c(C)nc3c(NCC4CCOCC4)nc(C)cn23)cc1OC. The summed E-state index contributed by atoms with van der Waals surface area (Å²) in [6, 6.07) is 5.94. The van der Waals surface area contributed by atoms with Crippen molar-refractivity contribution < 1.29 is 14.2 Å². The maximum absolute atomic E-state index is 5.49. The van der Waals surface area contributed by atoms with Gasteiger partial charge in [0, 0.05) is 31.5 Å². The maximum Gasteiger partial charge on any atom is 0.180 e. The van der Waals surface area contributed by atoms with Crippen LogP contribution in [0.5, 0.6) is 11.5 Å². The molecule has 1 saturated heterocycles. The van der Waals surface area contributed by atoms with Gasteiger partial charge in [-0.15, -0.1) is 0 Å². The topological polar surface area (TPSA) is 69.9 Å². The van der Waals surface area contributed by atoms with E-state index < -0.39 is 0 Å². The van der Waals surface area contributed by atoms with E-state index in [1.165, 1.54) is 0 Å². The lowest BCUT2D eigenvalue weighted by atomic mass is 10.0. The molecule has 1 fully saturated rings. The number of imidazole rings is 1. The van der Waals surface area contributed by atoms with E-state index in [4.69, 9.17) is 24.2 Å². The lowest BCUT2D eigenvalue weighted by Crippen LogP contribution is -2.23. The van der Waals surface area contributed by atoms with Crippen LogP contribution in [0, 0.1) is 19.8 Å². The Labute approximate surface area is 171 Å². The molecule has 1 aliphatic rings. The molecule has 0 atom stereocenters. The Bertz CT molecular complexity index is 1010. The van der Waals surface area contributed by atoms with Crippen molar-refractivity contribution in [1.82, 2.24) is 14.4 Å². The van der Waals surface area contributed by atoms with E-state index in [1.807, 2.05) is 38.2 Å². The summed E-state index contributed by atoms with van der Waals surface area (Å²) in [6.07, 6.45) is 4.19. The van der Waals surface area contributed by atoms with Crippen molar-refractivity contribution in [2.75, 3.05) is 39.3 Å².